The van der Waals surface area contributed by atoms with Crippen molar-refractivity contribution >= 4 is 0 Å². The minimum absolute atomic E-state index is 1.14. The Hall–Kier alpha value is -0.0400. The molecule has 0 spiro atoms. The first kappa shape index (κ1) is 10.0. The molecule has 0 aliphatic heterocycles. The lowest BCUT2D eigenvalue weighted by atomic mass is 10.7. The lowest BCUT2D eigenvalue weighted by Gasteiger charge is -2.00. The van der Waals surface area contributed by atoms with Crippen LogP contribution < -0.4 is 0 Å². The molecule has 1 heteroatoms. The maximum Gasteiger partial charge on any atom is -0.00533 e. The largest absolute Gasteiger partial charge is 0.310 e. The third-order valence-corrected chi connectivity index (χ3v) is 0.632. The van der Waals surface area contributed by atoms with Crippen LogP contribution >= 0.6 is 0 Å². The van der Waals surface area contributed by atoms with Gasteiger partial charge in [0.15, 0.2) is 0 Å². The summed E-state index contributed by atoms with van der Waals surface area (Å²) in [6.45, 7) is 8.26. The van der Waals surface area contributed by atoms with Crippen LogP contribution in [0.5, 0.6) is 0 Å². The smallest absolute Gasteiger partial charge is 0.00533 e. The van der Waals surface area contributed by atoms with Crippen molar-refractivity contribution in [2.24, 2.45) is 0 Å². The van der Waals surface area contributed by atoms with E-state index in [-0.39, 0.29) is 0 Å². The Kier molecular flexibility index (Phi) is 13.4. The normalized spacial score (nSPS) is 7.71. The zero-order valence-electron chi connectivity index (χ0n) is 5.86. The standard InChI is InChI=1S/C4H11N.C2H5/c1-4-5(2)3;1-2/h4H2,1-3H3;1H2,2H3. The van der Waals surface area contributed by atoms with Gasteiger partial charge in [0.25, 0.3) is 0 Å². The summed E-state index contributed by atoms with van der Waals surface area (Å²) >= 11 is 0. The third kappa shape index (κ3) is 24.3. The number of rotatable bonds is 1. The first-order chi connectivity index (χ1) is 3.27. The van der Waals surface area contributed by atoms with Gasteiger partial charge in [-0.05, 0) is 20.6 Å². The van der Waals surface area contributed by atoms with Crippen LogP contribution in [0.1, 0.15) is 13.8 Å². The topological polar surface area (TPSA) is 3.24 Å². The number of nitrogens with zero attached hydrogens (tertiary/aromatic N) is 1. The lowest BCUT2D eigenvalue weighted by molar-refractivity contribution is 0.434. The Morgan fingerprint density at radius 1 is 1.29 bits per heavy atom. The Morgan fingerprint density at radius 3 is 1.43 bits per heavy atom. The van der Waals surface area contributed by atoms with Crippen LogP contribution in [0.4, 0.5) is 0 Å². The van der Waals surface area contributed by atoms with Crippen LogP contribution in [0.25, 0.3) is 0 Å². The van der Waals surface area contributed by atoms with Gasteiger partial charge in [-0.25, -0.2) is 0 Å². The third-order valence-electron chi connectivity index (χ3n) is 0.632. The molecule has 0 aromatic carbocycles. The van der Waals surface area contributed by atoms with Crippen LogP contribution in [0.3, 0.4) is 0 Å². The van der Waals surface area contributed by atoms with Crippen LogP contribution in [0.15, 0.2) is 0 Å². The monoisotopic (exact) mass is 102 g/mol. The molecule has 45 valence electrons. The van der Waals surface area contributed by atoms with Gasteiger partial charge in [0.2, 0.25) is 0 Å². The average Bonchev–Trinajstić information content (AvgIpc) is 1.73. The summed E-state index contributed by atoms with van der Waals surface area (Å²) in [6.07, 6.45) is 0. The SMILES string of the molecule is CCN(C)C.[CH2]C. The summed E-state index contributed by atoms with van der Waals surface area (Å²) < 4.78 is 0. The summed E-state index contributed by atoms with van der Waals surface area (Å²) in [4.78, 5) is 2.12. The van der Waals surface area contributed by atoms with Crippen molar-refractivity contribution in [3.05, 3.63) is 6.92 Å². The highest BCUT2D eigenvalue weighted by Gasteiger charge is 1.72. The highest BCUT2D eigenvalue weighted by atomic mass is 15.0. The van der Waals surface area contributed by atoms with E-state index in [1.54, 1.807) is 6.92 Å². The average molecular weight is 102 g/mol. The van der Waals surface area contributed by atoms with Gasteiger partial charge in [0.1, 0.15) is 0 Å². The van der Waals surface area contributed by atoms with E-state index in [0.29, 0.717) is 0 Å². The Bertz CT molecular complexity index is 18.1. The van der Waals surface area contributed by atoms with Gasteiger partial charge in [-0.2, -0.15) is 0 Å². The second-order valence-electron chi connectivity index (χ2n) is 1.40. The summed E-state index contributed by atoms with van der Waals surface area (Å²) in [7, 11) is 4.11. The van der Waals surface area contributed by atoms with E-state index in [4.69, 9.17) is 0 Å². The highest BCUT2D eigenvalue weighted by Crippen LogP contribution is 1.63. The van der Waals surface area contributed by atoms with Gasteiger partial charge < -0.3 is 4.90 Å². The molecule has 0 aliphatic rings. The maximum atomic E-state index is 3.25. The molecule has 0 saturated carbocycles. The Morgan fingerprint density at radius 2 is 1.43 bits per heavy atom. The zero-order chi connectivity index (χ0) is 6.28. The van der Waals surface area contributed by atoms with E-state index in [1.165, 1.54) is 0 Å². The van der Waals surface area contributed by atoms with E-state index < -0.39 is 0 Å². The molecule has 0 aromatic rings. The molecule has 0 atom stereocenters. The molecular formula is C6H16N. The molecule has 0 heterocycles. The van der Waals surface area contributed by atoms with Gasteiger partial charge in [-0.15, -0.1) is 0 Å². The fourth-order valence-electron chi connectivity index (χ4n) is 0. The van der Waals surface area contributed by atoms with Crippen LogP contribution in [0.2, 0.25) is 0 Å². The molecule has 0 amide bonds. The van der Waals surface area contributed by atoms with Crippen molar-refractivity contribution in [2.45, 2.75) is 13.8 Å². The van der Waals surface area contributed by atoms with Crippen molar-refractivity contribution in [1.29, 1.82) is 0 Å². The van der Waals surface area contributed by atoms with Crippen molar-refractivity contribution < 1.29 is 0 Å². The minimum Gasteiger partial charge on any atom is -0.310 e. The summed E-state index contributed by atoms with van der Waals surface area (Å²) in [5, 5.41) is 0. The molecule has 0 rings (SSSR count). The van der Waals surface area contributed by atoms with Crippen molar-refractivity contribution in [1.82, 2.24) is 4.90 Å². The predicted octanol–water partition coefficient (Wildman–Crippen LogP) is 1.41. The molecule has 0 aliphatic carbocycles. The van der Waals surface area contributed by atoms with Gasteiger partial charge >= 0.3 is 0 Å². The molecule has 0 fully saturated rings. The maximum absolute atomic E-state index is 3.25. The highest BCUT2D eigenvalue weighted by molar-refractivity contribution is 4.25. The van der Waals surface area contributed by atoms with Crippen LogP contribution in [-0.2, 0) is 0 Å². The second-order valence-corrected chi connectivity index (χ2v) is 1.40. The van der Waals surface area contributed by atoms with Crippen LogP contribution in [-0.4, -0.2) is 25.5 Å². The van der Waals surface area contributed by atoms with Gasteiger partial charge in [-0.3, -0.25) is 0 Å². The molecular weight excluding hydrogens is 86.1 g/mol. The molecule has 0 N–H and O–H groups in total. The fourth-order valence-corrected chi connectivity index (χ4v) is 0. The van der Waals surface area contributed by atoms with Crippen molar-refractivity contribution in [3.8, 4) is 0 Å². The molecule has 7 heavy (non-hydrogen) atoms. The lowest BCUT2D eigenvalue weighted by Crippen LogP contribution is -2.08. The first-order valence-corrected chi connectivity index (χ1v) is 2.62. The summed E-state index contributed by atoms with van der Waals surface area (Å²) in [5.74, 6) is 0. The van der Waals surface area contributed by atoms with E-state index in [2.05, 4.69) is 32.8 Å². The van der Waals surface area contributed by atoms with E-state index in [9.17, 15) is 0 Å². The Labute approximate surface area is 47.3 Å². The molecule has 1 radical (unpaired) electrons. The van der Waals surface area contributed by atoms with Gasteiger partial charge in [0.05, 0.1) is 0 Å². The molecule has 0 bridgehead atoms. The van der Waals surface area contributed by atoms with E-state index >= 15 is 0 Å². The van der Waals surface area contributed by atoms with Gasteiger partial charge in [-0.1, -0.05) is 20.8 Å². The summed E-state index contributed by atoms with van der Waals surface area (Å²) in [5.41, 5.74) is 0. The van der Waals surface area contributed by atoms with Crippen molar-refractivity contribution in [2.75, 3.05) is 20.6 Å². The molecule has 1 nitrogen and oxygen atoms in total. The minimum atomic E-state index is 1.14. The number of hydrogen-bond donors (Lipinski definition) is 0. The van der Waals surface area contributed by atoms with Gasteiger partial charge in [0, 0.05) is 0 Å². The van der Waals surface area contributed by atoms with E-state index in [0.717, 1.165) is 6.54 Å². The predicted molar refractivity (Wildman–Crippen MR) is 35.3 cm³/mol. The quantitative estimate of drug-likeness (QED) is 0.484. The Balaban J connectivity index is 0. The first-order valence-electron chi connectivity index (χ1n) is 2.62. The molecule has 0 saturated heterocycles. The van der Waals surface area contributed by atoms with E-state index in [1.807, 2.05) is 0 Å². The number of hydrogen-bond acceptors (Lipinski definition) is 1. The molecule has 0 unspecified atom stereocenters. The van der Waals surface area contributed by atoms with Crippen molar-refractivity contribution in [3.63, 3.8) is 0 Å². The molecule has 0 aromatic heterocycles. The summed E-state index contributed by atoms with van der Waals surface area (Å²) in [6, 6.07) is 0. The fraction of sp³-hybridized carbons (Fsp3) is 0.833. The second kappa shape index (κ2) is 9.35. The zero-order valence-corrected chi connectivity index (χ0v) is 5.86. The van der Waals surface area contributed by atoms with Crippen LogP contribution in [0, 0.1) is 6.92 Å².